The van der Waals surface area contributed by atoms with Crippen LogP contribution in [0.1, 0.15) is 75.3 Å². The number of allylic oxidation sites excluding steroid dienone is 1. The van der Waals surface area contributed by atoms with Crippen LogP contribution in [0.3, 0.4) is 0 Å². The molecule has 0 bridgehead atoms. The lowest BCUT2D eigenvalue weighted by atomic mass is 9.85. The average Bonchev–Trinajstić information content (AvgIpc) is 3.45. The standard InChI is InChI=1S/C36H46N8O2/c1-23-12-14-24(15-13-23)40-33(21-31(37)36(2,3)4)42-35(45)41-28-17-18-30(27-10-7-6-9-26(27)28)46-25-16-19-32(38)44(22-25)34(39)29-11-8-20-43(29)5/h6-7,9-10,12-16,19,21-22,28-30,38-39H,8,11,17-18,20,37H2,1-5H3,(H2,40,41,42,45)/b31-21-,38-32?,39-34?/t28-,29-,30+/m0/s1. The first-order valence-corrected chi connectivity index (χ1v) is 15.9. The third kappa shape index (κ3) is 7.74. The fourth-order valence-electron chi connectivity index (χ4n) is 5.88. The molecule has 0 spiro atoms. The maximum atomic E-state index is 13.4. The number of urea groups is 1. The monoisotopic (exact) mass is 622 g/mol. The van der Waals surface area contributed by atoms with Gasteiger partial charge in [0, 0.05) is 17.2 Å². The summed E-state index contributed by atoms with van der Waals surface area (Å²) in [6.45, 7) is 9.00. The molecule has 242 valence electrons. The predicted octanol–water partition coefficient (Wildman–Crippen LogP) is 6.07. The summed E-state index contributed by atoms with van der Waals surface area (Å²) in [5.74, 6) is 1.35. The third-order valence-electron chi connectivity index (χ3n) is 8.72. The normalized spacial score (nSPS) is 20.6. The van der Waals surface area contributed by atoms with Crippen LogP contribution in [0.15, 0.2) is 83.6 Å². The number of aromatic nitrogens is 1. The van der Waals surface area contributed by atoms with Gasteiger partial charge in [-0.3, -0.25) is 25.6 Å². The number of hydrogen-bond donors (Lipinski definition) is 5. The maximum absolute atomic E-state index is 13.4. The highest BCUT2D eigenvalue weighted by molar-refractivity contribution is 6.05. The van der Waals surface area contributed by atoms with Crippen molar-refractivity contribution in [2.75, 3.05) is 13.6 Å². The first kappa shape index (κ1) is 32.7. The smallest absolute Gasteiger partial charge is 0.320 e. The van der Waals surface area contributed by atoms with Gasteiger partial charge < -0.3 is 15.8 Å². The number of nitrogens with one attached hydrogen (secondary N) is 4. The minimum Gasteiger partial charge on any atom is -0.484 e. The molecule has 1 aliphatic heterocycles. The van der Waals surface area contributed by atoms with Crippen molar-refractivity contribution in [2.45, 2.75) is 71.6 Å². The molecular formula is C36H46N8O2. The van der Waals surface area contributed by atoms with E-state index >= 15 is 0 Å². The van der Waals surface area contributed by atoms with E-state index in [0.29, 0.717) is 41.6 Å². The molecule has 10 heteroatoms. The number of nitrogens with two attached hydrogens (primary N) is 1. The number of fused-ring (bicyclic) bond motifs is 1. The molecular weight excluding hydrogens is 576 g/mol. The average molecular weight is 623 g/mol. The predicted molar refractivity (Wildman–Crippen MR) is 183 cm³/mol. The molecule has 2 aromatic carbocycles. The number of rotatable bonds is 6. The van der Waals surface area contributed by atoms with E-state index in [1.807, 2.05) is 83.3 Å². The van der Waals surface area contributed by atoms with Crippen molar-refractivity contribution in [3.05, 3.63) is 101 Å². The highest BCUT2D eigenvalue weighted by atomic mass is 16.5. The van der Waals surface area contributed by atoms with Gasteiger partial charge in [-0.05, 0) is 81.6 Å². The van der Waals surface area contributed by atoms with E-state index in [1.165, 1.54) is 0 Å². The van der Waals surface area contributed by atoms with E-state index in [4.69, 9.17) is 21.3 Å². The number of ether oxygens (including phenoxy) is 1. The molecule has 2 aliphatic rings. The van der Waals surface area contributed by atoms with Crippen molar-refractivity contribution >= 4 is 23.4 Å². The van der Waals surface area contributed by atoms with Crippen LogP contribution in [-0.2, 0) is 0 Å². The zero-order valence-corrected chi connectivity index (χ0v) is 27.4. The van der Waals surface area contributed by atoms with Crippen LogP contribution in [0, 0.1) is 23.2 Å². The van der Waals surface area contributed by atoms with E-state index in [2.05, 4.69) is 20.5 Å². The number of amides is 2. The Bertz CT molecular complexity index is 1700. The first-order chi connectivity index (χ1) is 21.9. The van der Waals surface area contributed by atoms with E-state index in [-0.39, 0.29) is 35.1 Å². The second kappa shape index (κ2) is 13.7. The van der Waals surface area contributed by atoms with Crippen molar-refractivity contribution < 1.29 is 9.53 Å². The maximum Gasteiger partial charge on any atom is 0.320 e. The molecule has 3 aromatic rings. The fraction of sp³-hybridized carbons (Fsp3) is 0.389. The largest absolute Gasteiger partial charge is 0.484 e. The van der Waals surface area contributed by atoms with Crippen LogP contribution in [0.5, 0.6) is 5.75 Å². The molecule has 1 aromatic heterocycles. The van der Waals surface area contributed by atoms with Gasteiger partial charge in [0.15, 0.2) is 0 Å². The van der Waals surface area contributed by atoms with Gasteiger partial charge in [0.25, 0.3) is 0 Å². The zero-order chi connectivity index (χ0) is 33.0. The Morgan fingerprint density at radius 2 is 1.76 bits per heavy atom. The lowest BCUT2D eigenvalue weighted by Gasteiger charge is -2.32. The van der Waals surface area contributed by atoms with Gasteiger partial charge in [-0.2, -0.15) is 0 Å². The molecule has 2 amide bonds. The van der Waals surface area contributed by atoms with Crippen LogP contribution in [0.25, 0.3) is 0 Å². The van der Waals surface area contributed by atoms with Gasteiger partial charge in [0.05, 0.1) is 24.0 Å². The molecule has 2 heterocycles. The number of benzene rings is 2. The fourth-order valence-corrected chi connectivity index (χ4v) is 5.88. The van der Waals surface area contributed by atoms with Crippen LogP contribution in [0.2, 0.25) is 0 Å². The lowest BCUT2D eigenvalue weighted by molar-refractivity contribution is 0.171. The Balaban J connectivity index is 1.32. The SMILES string of the molecule is Cc1ccc(N=C(/C=C(\N)C(C)(C)C)NC(=O)N[C@H]2CC[C@@H](Oc3ccc(=N)n(C(=N)[C@@H]4CCCN4C)c3)c3ccccc32)cc1. The molecule has 1 aliphatic carbocycles. The number of carbonyl (C=O) groups excluding carboxylic acids is 1. The summed E-state index contributed by atoms with van der Waals surface area (Å²) in [6.07, 6.45) is 6.53. The second-order valence-electron chi connectivity index (χ2n) is 13.3. The Hall–Kier alpha value is -4.70. The summed E-state index contributed by atoms with van der Waals surface area (Å²) < 4.78 is 8.11. The van der Waals surface area contributed by atoms with Crippen molar-refractivity contribution in [3.8, 4) is 5.75 Å². The van der Waals surface area contributed by atoms with Gasteiger partial charge in [-0.15, -0.1) is 0 Å². The summed E-state index contributed by atoms with van der Waals surface area (Å²) in [6, 6.07) is 18.6. The van der Waals surface area contributed by atoms with E-state index in [0.717, 1.165) is 36.1 Å². The van der Waals surface area contributed by atoms with Gasteiger partial charge in [0.2, 0.25) is 0 Å². The molecule has 3 atom stereocenters. The van der Waals surface area contributed by atoms with Gasteiger partial charge in [-0.1, -0.05) is 62.7 Å². The van der Waals surface area contributed by atoms with Crippen molar-refractivity contribution in [1.29, 1.82) is 10.8 Å². The van der Waals surface area contributed by atoms with Crippen molar-refractivity contribution in [2.24, 2.45) is 16.1 Å². The van der Waals surface area contributed by atoms with Crippen LogP contribution < -0.4 is 26.6 Å². The number of nitrogens with zero attached hydrogens (tertiary/aromatic N) is 3. The number of likely N-dealkylation sites (tertiary alicyclic amines) is 1. The molecule has 0 unspecified atom stereocenters. The van der Waals surface area contributed by atoms with Gasteiger partial charge >= 0.3 is 6.03 Å². The molecule has 1 saturated heterocycles. The summed E-state index contributed by atoms with van der Waals surface area (Å²) in [7, 11) is 2.02. The lowest BCUT2D eigenvalue weighted by Crippen LogP contribution is -2.42. The summed E-state index contributed by atoms with van der Waals surface area (Å²) in [4.78, 5) is 20.2. The Labute approximate surface area is 271 Å². The minimum atomic E-state index is -0.370. The van der Waals surface area contributed by atoms with E-state index in [1.54, 1.807) is 29.0 Å². The second-order valence-corrected chi connectivity index (χ2v) is 13.3. The van der Waals surface area contributed by atoms with Gasteiger partial charge in [0.1, 0.15) is 29.0 Å². The number of amidine groups is 1. The first-order valence-electron chi connectivity index (χ1n) is 15.9. The Morgan fingerprint density at radius 1 is 1.04 bits per heavy atom. The highest BCUT2D eigenvalue weighted by Gasteiger charge is 2.30. The quantitative estimate of drug-likeness (QED) is 0.168. The molecule has 6 N–H and O–H groups in total. The third-order valence-corrected chi connectivity index (χ3v) is 8.72. The molecule has 0 radical (unpaired) electrons. The minimum absolute atomic E-state index is 0.0134. The van der Waals surface area contributed by atoms with Crippen LogP contribution in [-0.4, -0.2) is 46.8 Å². The number of aliphatic imine (C=N–C) groups is 1. The van der Waals surface area contributed by atoms with Gasteiger partial charge in [-0.25, -0.2) is 9.79 Å². The van der Waals surface area contributed by atoms with E-state index < -0.39 is 0 Å². The Kier molecular flexibility index (Phi) is 9.76. The van der Waals surface area contributed by atoms with Crippen molar-refractivity contribution in [1.82, 2.24) is 20.1 Å². The number of carbonyl (C=O) groups is 1. The van der Waals surface area contributed by atoms with Crippen LogP contribution >= 0.6 is 0 Å². The molecule has 1 fully saturated rings. The zero-order valence-electron chi connectivity index (χ0n) is 27.4. The Morgan fingerprint density at radius 3 is 2.43 bits per heavy atom. The summed E-state index contributed by atoms with van der Waals surface area (Å²) in [5.41, 5.74) is 10.8. The number of pyridine rings is 1. The number of hydrogen-bond acceptors (Lipinski definition) is 7. The van der Waals surface area contributed by atoms with Crippen LogP contribution in [0.4, 0.5) is 10.5 Å². The van der Waals surface area contributed by atoms with E-state index in [9.17, 15) is 4.79 Å². The summed E-state index contributed by atoms with van der Waals surface area (Å²) in [5, 5.41) is 23.3. The van der Waals surface area contributed by atoms with Crippen molar-refractivity contribution in [3.63, 3.8) is 0 Å². The molecule has 0 saturated carbocycles. The number of aryl methyl sites for hydroxylation is 1. The number of likely N-dealkylation sites (N-methyl/N-ethyl adjacent to an activating group) is 1. The molecule has 10 nitrogen and oxygen atoms in total. The molecule has 46 heavy (non-hydrogen) atoms. The summed E-state index contributed by atoms with van der Waals surface area (Å²) >= 11 is 0. The topological polar surface area (TPSA) is 145 Å². The highest BCUT2D eigenvalue weighted by Crippen LogP contribution is 2.38. The molecule has 5 rings (SSSR count).